The Morgan fingerprint density at radius 3 is 2.78 bits per heavy atom. The molecule has 1 fully saturated rings. The topological polar surface area (TPSA) is 62.7 Å². The average molecular weight is 390 g/mol. The van der Waals surface area contributed by atoms with Gasteiger partial charge in [0.2, 0.25) is 5.91 Å². The van der Waals surface area contributed by atoms with Crippen LogP contribution in [0.4, 0.5) is 5.13 Å². The smallest absolute Gasteiger partial charge is 0.310 e. The molecule has 1 saturated heterocycles. The lowest BCUT2D eigenvalue weighted by atomic mass is 9.98. The van der Waals surface area contributed by atoms with E-state index in [4.69, 9.17) is 9.72 Å². The van der Waals surface area contributed by atoms with Crippen LogP contribution in [0, 0.1) is 19.8 Å². The van der Waals surface area contributed by atoms with Crippen LogP contribution in [0.2, 0.25) is 0 Å². The van der Waals surface area contributed by atoms with E-state index < -0.39 is 0 Å². The summed E-state index contributed by atoms with van der Waals surface area (Å²) in [6.45, 7) is 7.72. The molecule has 27 heavy (non-hydrogen) atoms. The fourth-order valence-electron chi connectivity index (χ4n) is 3.44. The molecular formula is C20H27N3O3S. The van der Waals surface area contributed by atoms with Crippen molar-refractivity contribution >= 4 is 38.6 Å². The Labute approximate surface area is 164 Å². The van der Waals surface area contributed by atoms with Crippen molar-refractivity contribution in [2.45, 2.75) is 33.6 Å². The first-order valence-electron chi connectivity index (χ1n) is 9.43. The number of aromatic nitrogens is 1. The molecule has 6 nitrogen and oxygen atoms in total. The Hall–Kier alpha value is -2.15. The van der Waals surface area contributed by atoms with E-state index in [-0.39, 0.29) is 24.3 Å². The number of carbonyl (C=O) groups excluding carboxylic acids is 2. The minimum atomic E-state index is -0.208. The summed E-state index contributed by atoms with van der Waals surface area (Å²) in [4.78, 5) is 33.2. The zero-order chi connectivity index (χ0) is 19.6. The number of fused-ring (bicyclic) bond motifs is 1. The molecular weight excluding hydrogens is 362 g/mol. The zero-order valence-corrected chi connectivity index (χ0v) is 17.3. The number of aryl methyl sites for hydroxylation is 2. The molecule has 1 aliphatic heterocycles. The summed E-state index contributed by atoms with van der Waals surface area (Å²) in [6.07, 6.45) is 1.62. The van der Waals surface area contributed by atoms with Gasteiger partial charge >= 0.3 is 5.97 Å². The van der Waals surface area contributed by atoms with Crippen molar-refractivity contribution in [1.29, 1.82) is 0 Å². The second-order valence-electron chi connectivity index (χ2n) is 7.16. The highest BCUT2D eigenvalue weighted by Gasteiger charge is 2.29. The molecule has 1 atom stereocenters. The van der Waals surface area contributed by atoms with Crippen LogP contribution in [0.5, 0.6) is 0 Å². The molecule has 0 radical (unpaired) electrons. The Bertz CT molecular complexity index is 809. The van der Waals surface area contributed by atoms with Gasteiger partial charge in [0.1, 0.15) is 0 Å². The standard InChI is InChI=1S/C20H27N3O3S/c1-5-26-19(25)15-7-6-10-23(11-15)16(24)12-22(4)20-21-17-13(2)8-9-14(3)18(17)27-20/h8-9,15H,5-7,10-12H2,1-4H3. The number of carbonyl (C=O) groups is 2. The molecule has 0 N–H and O–H groups in total. The van der Waals surface area contributed by atoms with Gasteiger partial charge < -0.3 is 14.5 Å². The highest BCUT2D eigenvalue weighted by atomic mass is 32.1. The number of likely N-dealkylation sites (tertiary alicyclic amines) is 1. The molecule has 1 unspecified atom stereocenters. The van der Waals surface area contributed by atoms with E-state index in [1.165, 1.54) is 10.3 Å². The van der Waals surface area contributed by atoms with Crippen LogP contribution < -0.4 is 4.90 Å². The van der Waals surface area contributed by atoms with E-state index in [0.29, 0.717) is 19.7 Å². The van der Waals surface area contributed by atoms with E-state index in [1.54, 1.807) is 23.2 Å². The molecule has 146 valence electrons. The molecule has 7 heteroatoms. The number of hydrogen-bond donors (Lipinski definition) is 0. The van der Waals surface area contributed by atoms with Crippen molar-refractivity contribution in [3.63, 3.8) is 0 Å². The number of hydrogen-bond acceptors (Lipinski definition) is 6. The van der Waals surface area contributed by atoms with Gasteiger partial charge in [-0.15, -0.1) is 0 Å². The van der Waals surface area contributed by atoms with Gasteiger partial charge in [0.15, 0.2) is 5.13 Å². The van der Waals surface area contributed by atoms with Crippen LogP contribution in [0.3, 0.4) is 0 Å². The van der Waals surface area contributed by atoms with Gasteiger partial charge in [0.25, 0.3) is 0 Å². The molecule has 1 aromatic carbocycles. The quantitative estimate of drug-likeness (QED) is 0.735. The summed E-state index contributed by atoms with van der Waals surface area (Å²) < 4.78 is 6.29. The molecule has 1 aromatic heterocycles. The third-order valence-corrected chi connectivity index (χ3v) is 6.33. The monoisotopic (exact) mass is 389 g/mol. The van der Waals surface area contributed by atoms with Gasteiger partial charge in [-0.2, -0.15) is 0 Å². The molecule has 2 heterocycles. The van der Waals surface area contributed by atoms with E-state index >= 15 is 0 Å². The molecule has 1 aliphatic rings. The molecule has 0 saturated carbocycles. The fraction of sp³-hybridized carbons (Fsp3) is 0.550. The number of rotatable bonds is 5. The van der Waals surface area contributed by atoms with Gasteiger partial charge in [-0.3, -0.25) is 9.59 Å². The number of thiazole rings is 1. The van der Waals surface area contributed by atoms with Crippen LogP contribution in [-0.2, 0) is 14.3 Å². The Kier molecular flexibility index (Phi) is 5.99. The molecule has 1 amide bonds. The summed E-state index contributed by atoms with van der Waals surface area (Å²) in [5, 5.41) is 0.842. The number of piperidine rings is 1. The maximum atomic E-state index is 12.8. The Morgan fingerprint density at radius 2 is 2.07 bits per heavy atom. The normalized spacial score (nSPS) is 17.2. The van der Waals surface area contributed by atoms with Crippen molar-refractivity contribution in [2.24, 2.45) is 5.92 Å². The summed E-state index contributed by atoms with van der Waals surface area (Å²) in [7, 11) is 1.90. The summed E-state index contributed by atoms with van der Waals surface area (Å²) >= 11 is 1.62. The number of esters is 1. The van der Waals surface area contributed by atoms with E-state index in [9.17, 15) is 9.59 Å². The SMILES string of the molecule is CCOC(=O)C1CCCN(C(=O)CN(C)c2nc3c(C)ccc(C)c3s2)C1. The lowest BCUT2D eigenvalue weighted by molar-refractivity contribution is -0.151. The third kappa shape index (κ3) is 4.24. The number of ether oxygens (including phenoxy) is 1. The van der Waals surface area contributed by atoms with E-state index in [2.05, 4.69) is 26.0 Å². The first-order chi connectivity index (χ1) is 12.9. The second kappa shape index (κ2) is 8.25. The number of amides is 1. The van der Waals surface area contributed by atoms with Crippen LogP contribution >= 0.6 is 11.3 Å². The summed E-state index contributed by atoms with van der Waals surface area (Å²) in [5.41, 5.74) is 3.35. The number of likely N-dealkylation sites (N-methyl/N-ethyl adjacent to an activating group) is 1. The molecule has 0 spiro atoms. The van der Waals surface area contributed by atoms with Gasteiger partial charge in [-0.05, 0) is 44.7 Å². The number of nitrogens with zero attached hydrogens (tertiary/aromatic N) is 3. The van der Waals surface area contributed by atoms with Crippen molar-refractivity contribution in [2.75, 3.05) is 38.2 Å². The van der Waals surface area contributed by atoms with Crippen LogP contribution in [0.25, 0.3) is 10.2 Å². The van der Waals surface area contributed by atoms with Gasteiger partial charge in [0, 0.05) is 20.1 Å². The second-order valence-corrected chi connectivity index (χ2v) is 8.14. The maximum Gasteiger partial charge on any atom is 0.310 e. The third-order valence-electron chi connectivity index (χ3n) is 5.02. The first kappa shape index (κ1) is 19.6. The first-order valence-corrected chi connectivity index (χ1v) is 10.2. The van der Waals surface area contributed by atoms with Crippen LogP contribution in [-0.4, -0.2) is 55.0 Å². The minimum absolute atomic E-state index is 0.0270. The fourth-order valence-corrected chi connectivity index (χ4v) is 4.51. The van der Waals surface area contributed by atoms with Gasteiger partial charge in [0.05, 0.1) is 29.3 Å². The van der Waals surface area contributed by atoms with Crippen molar-refractivity contribution in [1.82, 2.24) is 9.88 Å². The number of benzene rings is 1. The predicted molar refractivity (Wildman–Crippen MR) is 108 cm³/mol. The van der Waals surface area contributed by atoms with E-state index in [0.717, 1.165) is 29.1 Å². The number of anilines is 1. The zero-order valence-electron chi connectivity index (χ0n) is 16.4. The highest BCUT2D eigenvalue weighted by molar-refractivity contribution is 7.22. The molecule has 0 bridgehead atoms. The van der Waals surface area contributed by atoms with Crippen molar-refractivity contribution in [3.8, 4) is 0 Å². The molecule has 0 aliphatic carbocycles. The van der Waals surface area contributed by atoms with Gasteiger partial charge in [-0.25, -0.2) is 4.98 Å². The van der Waals surface area contributed by atoms with Crippen molar-refractivity contribution in [3.05, 3.63) is 23.3 Å². The lowest BCUT2D eigenvalue weighted by Gasteiger charge is -2.32. The summed E-state index contributed by atoms with van der Waals surface area (Å²) in [6, 6.07) is 4.18. The molecule has 2 aromatic rings. The highest BCUT2D eigenvalue weighted by Crippen LogP contribution is 2.32. The summed E-state index contributed by atoms with van der Waals surface area (Å²) in [5.74, 6) is -0.375. The minimum Gasteiger partial charge on any atom is -0.466 e. The van der Waals surface area contributed by atoms with Crippen LogP contribution in [0.15, 0.2) is 12.1 Å². The molecule has 3 rings (SSSR count). The Balaban J connectivity index is 1.68. The van der Waals surface area contributed by atoms with E-state index in [1.807, 2.05) is 11.9 Å². The predicted octanol–water partition coefficient (Wildman–Crippen LogP) is 3.15. The van der Waals surface area contributed by atoms with Gasteiger partial charge in [-0.1, -0.05) is 23.5 Å². The average Bonchev–Trinajstić information content (AvgIpc) is 3.12. The van der Waals surface area contributed by atoms with Crippen LogP contribution in [0.1, 0.15) is 30.9 Å². The lowest BCUT2D eigenvalue weighted by Crippen LogP contribution is -2.46. The largest absolute Gasteiger partial charge is 0.466 e. The Morgan fingerprint density at radius 1 is 1.33 bits per heavy atom. The van der Waals surface area contributed by atoms with Crippen molar-refractivity contribution < 1.29 is 14.3 Å². The maximum absolute atomic E-state index is 12.8.